The lowest BCUT2D eigenvalue weighted by Gasteiger charge is -2.25. The molecule has 12 heteroatoms. The quantitative estimate of drug-likeness (QED) is 0.131. The molecule has 43 heavy (non-hydrogen) atoms. The average Bonchev–Trinajstić information content (AvgIpc) is 2.97. The minimum Gasteiger partial charge on any atom is -0.493 e. The Morgan fingerprint density at radius 1 is 1.00 bits per heavy atom. The van der Waals surface area contributed by atoms with Gasteiger partial charge in [0.15, 0.2) is 11.5 Å². The lowest BCUT2D eigenvalue weighted by molar-refractivity contribution is -0.119. The van der Waals surface area contributed by atoms with Crippen molar-refractivity contribution in [3.05, 3.63) is 116 Å². The smallest absolute Gasteiger partial charge is 0.264 e. The van der Waals surface area contributed by atoms with Gasteiger partial charge in [0.1, 0.15) is 13.2 Å². The Morgan fingerprint density at radius 2 is 1.74 bits per heavy atom. The number of sulfonamides is 1. The van der Waals surface area contributed by atoms with E-state index in [1.54, 1.807) is 61.5 Å². The van der Waals surface area contributed by atoms with Crippen LogP contribution < -0.4 is 19.2 Å². The van der Waals surface area contributed by atoms with Gasteiger partial charge in [0.25, 0.3) is 15.9 Å². The van der Waals surface area contributed by atoms with Gasteiger partial charge >= 0.3 is 0 Å². The molecule has 4 aromatic rings. The Labute approximate surface area is 269 Å². The molecule has 0 saturated heterocycles. The summed E-state index contributed by atoms with van der Waals surface area (Å²) in [5, 5.41) is 4.93. The number of carbonyl (C=O) groups is 1. The van der Waals surface area contributed by atoms with E-state index in [9.17, 15) is 13.2 Å². The number of amides is 1. The number of carbonyl (C=O) groups excluding carboxylic acids is 1. The molecule has 0 bridgehead atoms. The van der Waals surface area contributed by atoms with Gasteiger partial charge in [-0.05, 0) is 88.9 Å². The summed E-state index contributed by atoms with van der Waals surface area (Å²) in [6.07, 6.45) is 1.42. The number of nitrogens with one attached hydrogen (secondary N) is 1. The van der Waals surface area contributed by atoms with E-state index in [4.69, 9.17) is 32.7 Å². The maximum Gasteiger partial charge on any atom is 0.264 e. The van der Waals surface area contributed by atoms with Crippen LogP contribution in [0.4, 0.5) is 5.69 Å². The van der Waals surface area contributed by atoms with Gasteiger partial charge < -0.3 is 9.47 Å². The maximum absolute atomic E-state index is 13.6. The van der Waals surface area contributed by atoms with Crippen LogP contribution in [0.1, 0.15) is 22.3 Å². The number of nitrogens with zero attached hydrogens (tertiary/aromatic N) is 2. The third-order valence-corrected chi connectivity index (χ3v) is 9.36. The van der Waals surface area contributed by atoms with E-state index in [-0.39, 0.29) is 11.5 Å². The molecule has 0 aromatic heterocycles. The molecule has 1 N–H and O–H groups in total. The number of halogens is 3. The number of hydrogen-bond acceptors (Lipinski definition) is 6. The zero-order valence-electron chi connectivity index (χ0n) is 23.5. The van der Waals surface area contributed by atoms with Crippen LogP contribution >= 0.6 is 39.1 Å². The zero-order valence-corrected chi connectivity index (χ0v) is 27.4. The molecule has 0 atom stereocenters. The number of hydrogen-bond donors (Lipinski definition) is 1. The molecule has 0 aliphatic rings. The molecule has 4 rings (SSSR count). The number of aryl methyl sites for hydroxylation is 2. The molecule has 0 radical (unpaired) electrons. The topological polar surface area (TPSA) is 97.3 Å². The van der Waals surface area contributed by atoms with Crippen molar-refractivity contribution < 1.29 is 22.7 Å². The summed E-state index contributed by atoms with van der Waals surface area (Å²) in [5.74, 6) is 0.269. The number of anilines is 1. The number of ether oxygens (including phenoxy) is 2. The fraction of sp³-hybridized carbons (Fsp3) is 0.161. The highest BCUT2D eigenvalue weighted by molar-refractivity contribution is 9.10. The largest absolute Gasteiger partial charge is 0.493 e. The minimum atomic E-state index is -4.04. The Hall–Kier alpha value is -3.57. The van der Waals surface area contributed by atoms with Crippen molar-refractivity contribution >= 4 is 67.0 Å². The van der Waals surface area contributed by atoms with Crippen molar-refractivity contribution in [1.29, 1.82) is 0 Å². The lowest BCUT2D eigenvalue weighted by Crippen LogP contribution is -2.40. The number of methoxy groups -OCH3 is 1. The van der Waals surface area contributed by atoms with E-state index in [1.807, 2.05) is 19.1 Å². The van der Waals surface area contributed by atoms with E-state index in [1.165, 1.54) is 25.5 Å². The van der Waals surface area contributed by atoms with Gasteiger partial charge in [-0.2, -0.15) is 5.10 Å². The predicted molar refractivity (Wildman–Crippen MR) is 174 cm³/mol. The van der Waals surface area contributed by atoms with Crippen molar-refractivity contribution in [3.63, 3.8) is 0 Å². The van der Waals surface area contributed by atoms with Crippen LogP contribution in [-0.4, -0.2) is 34.2 Å². The van der Waals surface area contributed by atoms with Crippen molar-refractivity contribution in [1.82, 2.24) is 5.43 Å². The highest BCUT2D eigenvalue weighted by atomic mass is 79.9. The Morgan fingerprint density at radius 3 is 2.42 bits per heavy atom. The second-order valence-corrected chi connectivity index (χ2v) is 13.0. The van der Waals surface area contributed by atoms with Gasteiger partial charge in [0.2, 0.25) is 0 Å². The molecular formula is C31H28BrCl2N3O5S. The first-order chi connectivity index (χ1) is 20.5. The number of rotatable bonds is 11. The molecule has 224 valence electrons. The Kier molecular flexibility index (Phi) is 10.7. The molecule has 0 aliphatic heterocycles. The first-order valence-corrected chi connectivity index (χ1v) is 15.9. The summed E-state index contributed by atoms with van der Waals surface area (Å²) in [6.45, 7) is 3.45. The van der Waals surface area contributed by atoms with Crippen LogP contribution in [0.25, 0.3) is 0 Å². The second-order valence-electron chi connectivity index (χ2n) is 9.48. The summed E-state index contributed by atoms with van der Waals surface area (Å²) in [7, 11) is -2.54. The molecule has 0 heterocycles. The van der Waals surface area contributed by atoms with Gasteiger partial charge in [-0.15, -0.1) is 0 Å². The van der Waals surface area contributed by atoms with Gasteiger partial charge in [0, 0.05) is 0 Å². The first-order valence-electron chi connectivity index (χ1n) is 12.9. The SMILES string of the molecule is COc1cc(/C=N/NC(=O)CN(c2ccc(C)cc2C)S(=O)(=O)c2ccccc2)cc(Br)c1OCc1ccc(Cl)c(Cl)c1. The molecule has 4 aromatic carbocycles. The average molecular weight is 705 g/mol. The van der Waals surface area contributed by atoms with E-state index in [0.29, 0.717) is 42.8 Å². The second kappa shape index (κ2) is 14.3. The van der Waals surface area contributed by atoms with Crippen LogP contribution in [-0.2, 0) is 21.4 Å². The Bertz CT molecular complexity index is 1770. The molecule has 0 aliphatic carbocycles. The molecule has 1 amide bonds. The molecule has 8 nitrogen and oxygen atoms in total. The zero-order chi connectivity index (χ0) is 31.1. The highest BCUT2D eigenvalue weighted by Crippen LogP contribution is 2.37. The molecular weight excluding hydrogens is 677 g/mol. The van der Waals surface area contributed by atoms with Gasteiger partial charge in [-0.3, -0.25) is 9.10 Å². The lowest BCUT2D eigenvalue weighted by atomic mass is 10.1. The van der Waals surface area contributed by atoms with Crippen molar-refractivity contribution in [2.75, 3.05) is 18.0 Å². The van der Waals surface area contributed by atoms with E-state index < -0.39 is 22.5 Å². The number of benzene rings is 4. The van der Waals surface area contributed by atoms with Crippen LogP contribution in [0, 0.1) is 13.8 Å². The van der Waals surface area contributed by atoms with Crippen LogP contribution in [0.5, 0.6) is 11.5 Å². The summed E-state index contributed by atoms with van der Waals surface area (Å²) in [4.78, 5) is 13.1. The third-order valence-electron chi connectivity index (χ3n) is 6.26. The first kappa shape index (κ1) is 32.3. The van der Waals surface area contributed by atoms with E-state index >= 15 is 0 Å². The third kappa shape index (κ3) is 8.08. The van der Waals surface area contributed by atoms with E-state index in [0.717, 1.165) is 15.4 Å². The van der Waals surface area contributed by atoms with Gasteiger partial charge in [-0.1, -0.05) is 65.2 Å². The number of hydrazone groups is 1. The standard InChI is InChI=1S/C31H28BrCl2N3O5S/c1-20-9-12-28(21(2)13-20)37(43(39,40)24-7-5-4-6-8-24)18-30(38)36-35-17-23-14-25(32)31(29(16-23)41-3)42-19-22-10-11-26(33)27(34)15-22/h4-17H,18-19H2,1-3H3,(H,36,38)/b35-17+. The maximum atomic E-state index is 13.6. The summed E-state index contributed by atoms with van der Waals surface area (Å²) < 4.78 is 40.3. The van der Waals surface area contributed by atoms with Gasteiger partial charge in [0.05, 0.1) is 38.4 Å². The molecule has 0 unspecified atom stereocenters. The van der Waals surface area contributed by atoms with Crippen molar-refractivity contribution in [3.8, 4) is 11.5 Å². The van der Waals surface area contributed by atoms with Crippen molar-refractivity contribution in [2.24, 2.45) is 5.10 Å². The fourth-order valence-corrected chi connectivity index (χ4v) is 6.59. The molecule has 0 spiro atoms. The minimum absolute atomic E-state index is 0.0738. The summed E-state index contributed by atoms with van der Waals surface area (Å²) in [5.41, 5.74) is 5.93. The summed E-state index contributed by atoms with van der Waals surface area (Å²) in [6, 6.07) is 22.0. The van der Waals surface area contributed by atoms with Crippen LogP contribution in [0.15, 0.2) is 93.3 Å². The Balaban J connectivity index is 1.50. The van der Waals surface area contributed by atoms with E-state index in [2.05, 4.69) is 26.5 Å². The normalized spacial score (nSPS) is 11.4. The summed E-state index contributed by atoms with van der Waals surface area (Å²) >= 11 is 15.6. The molecule has 0 fully saturated rings. The highest BCUT2D eigenvalue weighted by Gasteiger charge is 2.28. The fourth-order valence-electron chi connectivity index (χ4n) is 4.19. The van der Waals surface area contributed by atoms with Crippen LogP contribution in [0.3, 0.4) is 0 Å². The van der Waals surface area contributed by atoms with Crippen LogP contribution in [0.2, 0.25) is 10.0 Å². The van der Waals surface area contributed by atoms with Gasteiger partial charge in [-0.25, -0.2) is 13.8 Å². The van der Waals surface area contributed by atoms with Crippen molar-refractivity contribution in [2.45, 2.75) is 25.3 Å². The predicted octanol–water partition coefficient (Wildman–Crippen LogP) is 7.31. The monoisotopic (exact) mass is 703 g/mol. The molecule has 0 saturated carbocycles.